The third-order valence-corrected chi connectivity index (χ3v) is 5.00. The van der Waals surface area contributed by atoms with E-state index in [4.69, 9.17) is 4.74 Å². The van der Waals surface area contributed by atoms with Crippen LogP contribution in [-0.2, 0) is 9.53 Å². The molecule has 1 heterocycles. The first-order valence-corrected chi connectivity index (χ1v) is 9.38. The minimum absolute atomic E-state index is 0.0410. The number of carbonyl (C=O) groups is 1. The summed E-state index contributed by atoms with van der Waals surface area (Å²) in [4.78, 5) is 17.0. The van der Waals surface area contributed by atoms with Crippen LogP contribution in [-0.4, -0.2) is 68.2 Å². The third-order valence-electron chi connectivity index (χ3n) is 5.00. The zero-order chi connectivity index (χ0) is 18.2. The van der Waals surface area contributed by atoms with Crippen LogP contribution >= 0.6 is 0 Å². The van der Waals surface area contributed by atoms with Crippen LogP contribution in [0.1, 0.15) is 36.6 Å². The van der Waals surface area contributed by atoms with Crippen molar-refractivity contribution < 1.29 is 9.53 Å². The van der Waals surface area contributed by atoms with Gasteiger partial charge in [0, 0.05) is 39.3 Å². The second kappa shape index (κ2) is 9.90. The summed E-state index contributed by atoms with van der Waals surface area (Å²) in [7, 11) is 0. The van der Waals surface area contributed by atoms with Gasteiger partial charge in [-0.1, -0.05) is 18.2 Å². The molecule has 1 aliphatic rings. The lowest BCUT2D eigenvalue weighted by atomic mass is 10.0. The van der Waals surface area contributed by atoms with E-state index in [1.54, 1.807) is 0 Å². The van der Waals surface area contributed by atoms with E-state index in [9.17, 15) is 4.79 Å². The quantitative estimate of drug-likeness (QED) is 0.732. The molecule has 0 bridgehead atoms. The van der Waals surface area contributed by atoms with Crippen molar-refractivity contribution >= 4 is 5.91 Å². The van der Waals surface area contributed by atoms with Crippen LogP contribution in [0.3, 0.4) is 0 Å². The Hall–Kier alpha value is -1.43. The topological polar surface area (TPSA) is 44.8 Å². The standard InChI is InChI=1S/C20H33N3O2/c1-5-25-13-12-22-8-10-23(11-9-22)15-20(24)21-18(4)19-7-6-16(2)17(3)14-19/h6-7,14,18H,5,8-13,15H2,1-4H3,(H,21,24)/t18-/m1/s1. The first kappa shape index (κ1) is 19.9. The highest BCUT2D eigenvalue weighted by Crippen LogP contribution is 2.16. The number of piperazine rings is 1. The number of ether oxygens (including phenoxy) is 1. The Morgan fingerprint density at radius 1 is 1.16 bits per heavy atom. The lowest BCUT2D eigenvalue weighted by Gasteiger charge is -2.34. The molecule has 5 nitrogen and oxygen atoms in total. The predicted octanol–water partition coefficient (Wildman–Crippen LogP) is 2.13. The fourth-order valence-corrected chi connectivity index (χ4v) is 3.12. The van der Waals surface area contributed by atoms with Crippen LogP contribution in [0.25, 0.3) is 0 Å². The molecule has 1 fully saturated rings. The molecule has 1 saturated heterocycles. The highest BCUT2D eigenvalue weighted by atomic mass is 16.5. The van der Waals surface area contributed by atoms with Gasteiger partial charge < -0.3 is 10.1 Å². The van der Waals surface area contributed by atoms with E-state index >= 15 is 0 Å². The van der Waals surface area contributed by atoms with Crippen molar-refractivity contribution in [2.75, 3.05) is 52.5 Å². The fourth-order valence-electron chi connectivity index (χ4n) is 3.12. The van der Waals surface area contributed by atoms with Crippen molar-refractivity contribution in [1.82, 2.24) is 15.1 Å². The largest absolute Gasteiger partial charge is 0.380 e. The Morgan fingerprint density at radius 3 is 2.48 bits per heavy atom. The molecule has 0 saturated carbocycles. The van der Waals surface area contributed by atoms with E-state index < -0.39 is 0 Å². The molecular weight excluding hydrogens is 314 g/mol. The molecule has 1 aromatic rings. The monoisotopic (exact) mass is 347 g/mol. The Labute approximate surface area is 152 Å². The Balaban J connectivity index is 1.72. The summed E-state index contributed by atoms with van der Waals surface area (Å²) in [6, 6.07) is 6.43. The average molecular weight is 348 g/mol. The van der Waals surface area contributed by atoms with Gasteiger partial charge in [0.15, 0.2) is 0 Å². The summed E-state index contributed by atoms with van der Waals surface area (Å²) in [5, 5.41) is 3.13. The van der Waals surface area contributed by atoms with Crippen LogP contribution in [0.15, 0.2) is 18.2 Å². The van der Waals surface area contributed by atoms with Crippen molar-refractivity contribution in [3.05, 3.63) is 34.9 Å². The summed E-state index contributed by atoms with van der Waals surface area (Å²) in [5.74, 6) is 0.105. The Bertz CT molecular complexity index is 554. The molecule has 0 aliphatic carbocycles. The molecule has 0 unspecified atom stereocenters. The van der Waals surface area contributed by atoms with E-state index in [1.165, 1.54) is 11.1 Å². The zero-order valence-corrected chi connectivity index (χ0v) is 16.2. The molecule has 1 N–H and O–H groups in total. The van der Waals surface area contributed by atoms with Crippen LogP contribution in [0.5, 0.6) is 0 Å². The number of hydrogen-bond donors (Lipinski definition) is 1. The number of carbonyl (C=O) groups excluding carboxylic acids is 1. The van der Waals surface area contributed by atoms with Gasteiger partial charge in [-0.05, 0) is 44.4 Å². The number of benzene rings is 1. The van der Waals surface area contributed by atoms with Gasteiger partial charge in [-0.15, -0.1) is 0 Å². The summed E-state index contributed by atoms with van der Waals surface area (Å²) in [5.41, 5.74) is 3.71. The Kier molecular flexibility index (Phi) is 7.88. The maximum absolute atomic E-state index is 12.4. The number of amides is 1. The lowest BCUT2D eigenvalue weighted by Crippen LogP contribution is -2.50. The maximum atomic E-state index is 12.4. The van der Waals surface area contributed by atoms with Gasteiger partial charge in [0.05, 0.1) is 19.2 Å². The first-order valence-electron chi connectivity index (χ1n) is 9.38. The molecule has 1 atom stereocenters. The second-order valence-electron chi connectivity index (χ2n) is 6.95. The van der Waals surface area contributed by atoms with Gasteiger partial charge in [-0.2, -0.15) is 0 Å². The lowest BCUT2D eigenvalue weighted by molar-refractivity contribution is -0.123. The summed E-state index contributed by atoms with van der Waals surface area (Å²) in [6.45, 7) is 15.2. The van der Waals surface area contributed by atoms with Gasteiger partial charge in [0.2, 0.25) is 5.91 Å². The highest BCUT2D eigenvalue weighted by Gasteiger charge is 2.19. The Morgan fingerprint density at radius 2 is 1.84 bits per heavy atom. The number of nitrogens with zero attached hydrogens (tertiary/aromatic N) is 2. The van der Waals surface area contributed by atoms with Gasteiger partial charge >= 0.3 is 0 Å². The van der Waals surface area contributed by atoms with Crippen molar-refractivity contribution in [1.29, 1.82) is 0 Å². The molecule has 1 aliphatic heterocycles. The molecule has 0 radical (unpaired) electrons. The molecular formula is C20H33N3O2. The molecule has 1 amide bonds. The SMILES string of the molecule is CCOCCN1CCN(CC(=O)N[C@H](C)c2ccc(C)c(C)c2)CC1. The molecule has 25 heavy (non-hydrogen) atoms. The second-order valence-corrected chi connectivity index (χ2v) is 6.95. The highest BCUT2D eigenvalue weighted by molar-refractivity contribution is 5.78. The number of aryl methyl sites for hydroxylation is 2. The van der Waals surface area contributed by atoms with Crippen LogP contribution in [0.2, 0.25) is 0 Å². The van der Waals surface area contributed by atoms with E-state index in [0.29, 0.717) is 6.54 Å². The fraction of sp³-hybridized carbons (Fsp3) is 0.650. The summed E-state index contributed by atoms with van der Waals surface area (Å²) in [6.07, 6.45) is 0. The molecule has 140 valence electrons. The number of rotatable bonds is 8. The maximum Gasteiger partial charge on any atom is 0.234 e. The van der Waals surface area contributed by atoms with Crippen LogP contribution in [0, 0.1) is 13.8 Å². The van der Waals surface area contributed by atoms with Gasteiger partial charge in [-0.25, -0.2) is 0 Å². The number of nitrogens with one attached hydrogen (secondary N) is 1. The van der Waals surface area contributed by atoms with E-state index in [-0.39, 0.29) is 11.9 Å². The third kappa shape index (κ3) is 6.42. The molecule has 5 heteroatoms. The average Bonchev–Trinajstić information content (AvgIpc) is 2.59. The number of hydrogen-bond acceptors (Lipinski definition) is 4. The zero-order valence-electron chi connectivity index (χ0n) is 16.2. The molecule has 0 aromatic heterocycles. The van der Waals surface area contributed by atoms with Crippen LogP contribution < -0.4 is 5.32 Å². The van der Waals surface area contributed by atoms with Crippen LogP contribution in [0.4, 0.5) is 0 Å². The van der Waals surface area contributed by atoms with Crippen molar-refractivity contribution in [3.8, 4) is 0 Å². The van der Waals surface area contributed by atoms with Gasteiger partial charge in [-0.3, -0.25) is 14.6 Å². The van der Waals surface area contributed by atoms with Crippen molar-refractivity contribution in [2.45, 2.75) is 33.7 Å². The smallest absolute Gasteiger partial charge is 0.234 e. The summed E-state index contributed by atoms with van der Waals surface area (Å²) < 4.78 is 5.41. The minimum atomic E-state index is 0.0410. The summed E-state index contributed by atoms with van der Waals surface area (Å²) >= 11 is 0. The van der Waals surface area contributed by atoms with Gasteiger partial charge in [0.1, 0.15) is 0 Å². The normalized spacial score (nSPS) is 17.4. The van der Waals surface area contributed by atoms with E-state index in [0.717, 1.165) is 51.5 Å². The van der Waals surface area contributed by atoms with E-state index in [2.05, 4.69) is 47.2 Å². The molecule has 2 rings (SSSR count). The minimum Gasteiger partial charge on any atom is -0.380 e. The van der Waals surface area contributed by atoms with E-state index in [1.807, 2.05) is 13.8 Å². The predicted molar refractivity (Wildman–Crippen MR) is 102 cm³/mol. The van der Waals surface area contributed by atoms with Crippen molar-refractivity contribution in [3.63, 3.8) is 0 Å². The first-order chi connectivity index (χ1) is 12.0. The van der Waals surface area contributed by atoms with Crippen molar-refractivity contribution in [2.24, 2.45) is 0 Å². The van der Waals surface area contributed by atoms with Gasteiger partial charge in [0.25, 0.3) is 0 Å². The molecule has 0 spiro atoms. The molecule has 1 aromatic carbocycles.